The molecule has 9 nitrogen and oxygen atoms in total. The summed E-state index contributed by atoms with van der Waals surface area (Å²) in [6.07, 6.45) is 41.8. The quantitative estimate of drug-likeness (QED) is 0.0612. The van der Waals surface area contributed by atoms with Crippen LogP contribution in [0.4, 0.5) is 0 Å². The van der Waals surface area contributed by atoms with Crippen LogP contribution in [0.15, 0.2) is 0 Å². The van der Waals surface area contributed by atoms with Gasteiger partial charge in [0.05, 0.1) is 0 Å². The minimum atomic E-state index is 0.209. The Morgan fingerprint density at radius 2 is 0.951 bits per heavy atom. The lowest BCUT2D eigenvalue weighted by Gasteiger charge is -2.32. The largest absolute Gasteiger partial charge is 0.356 e. The molecule has 0 aromatic carbocycles. The van der Waals surface area contributed by atoms with E-state index in [0.29, 0.717) is 24.9 Å². The van der Waals surface area contributed by atoms with E-state index in [-0.39, 0.29) is 11.8 Å². The first kappa shape index (κ1) is 55.9. The predicted molar refractivity (Wildman–Crippen MR) is 264 cm³/mol. The molecule has 0 bridgehead atoms. The highest BCUT2D eigenvalue weighted by atomic mass is 16.2. The first-order chi connectivity index (χ1) is 29.9. The molecular weight excluding hydrogens is 755 g/mol. The van der Waals surface area contributed by atoms with Crippen LogP contribution < -0.4 is 21.3 Å². The first-order valence-electron chi connectivity index (χ1n) is 26.9. The fourth-order valence-corrected chi connectivity index (χ4v) is 9.80. The van der Waals surface area contributed by atoms with Gasteiger partial charge in [-0.3, -0.25) is 9.59 Å². The third-order valence-electron chi connectivity index (χ3n) is 13.9. The molecular formula is C52H105N7O2. The van der Waals surface area contributed by atoms with Crippen molar-refractivity contribution >= 4 is 11.8 Å². The number of nitrogens with one attached hydrogen (secondary N) is 4. The van der Waals surface area contributed by atoms with Gasteiger partial charge in [-0.1, -0.05) is 155 Å². The number of hydrogen-bond acceptors (Lipinski definition) is 7. The SMILES string of the molecule is CCCCCCCCCCCCC(CCCCCCCCCCCCCC1CC(=O)NCCCNCCCN1)CC1CC(=O)NCCCN(C)CCCCN(C)CCCN1C. The van der Waals surface area contributed by atoms with Gasteiger partial charge in [-0.05, 0) is 131 Å². The molecule has 360 valence electrons. The lowest BCUT2D eigenvalue weighted by atomic mass is 9.87. The zero-order valence-electron chi connectivity index (χ0n) is 41.3. The van der Waals surface area contributed by atoms with Gasteiger partial charge in [0.25, 0.3) is 0 Å². The van der Waals surface area contributed by atoms with Gasteiger partial charge in [0.2, 0.25) is 11.8 Å². The Morgan fingerprint density at radius 1 is 0.492 bits per heavy atom. The highest BCUT2D eigenvalue weighted by Gasteiger charge is 2.23. The lowest BCUT2D eigenvalue weighted by Crippen LogP contribution is -2.40. The molecule has 0 spiro atoms. The molecule has 0 aliphatic carbocycles. The standard InChI is InChI=1S/C52H105N7O2/c1-5-6-7-8-9-10-14-17-20-23-32-48(45-50-47-52(61)56-39-30-42-57(2)40-26-27-41-58(3)43-31-44-59(50)4)33-24-21-18-15-12-11-13-16-19-22-25-34-49-46-51(60)55-38-29-36-53-35-28-37-54-49/h48-50,53-54H,5-47H2,1-4H3,(H,55,60)(H,56,61). The summed E-state index contributed by atoms with van der Waals surface area (Å²) in [7, 11) is 6.82. The molecule has 2 amide bonds. The number of carbonyl (C=O) groups excluding carboxylic acids is 2. The number of amides is 2. The summed E-state index contributed by atoms with van der Waals surface area (Å²) in [5, 5.41) is 13.6. The van der Waals surface area contributed by atoms with Crippen LogP contribution in [0.25, 0.3) is 0 Å². The average molecular weight is 860 g/mol. The highest BCUT2D eigenvalue weighted by Crippen LogP contribution is 2.27. The zero-order valence-corrected chi connectivity index (χ0v) is 41.3. The van der Waals surface area contributed by atoms with Crippen molar-refractivity contribution < 1.29 is 9.59 Å². The van der Waals surface area contributed by atoms with E-state index in [1.54, 1.807) is 0 Å². The van der Waals surface area contributed by atoms with Crippen LogP contribution in [0.3, 0.4) is 0 Å². The number of hydrogen-bond donors (Lipinski definition) is 4. The summed E-state index contributed by atoms with van der Waals surface area (Å²) in [6, 6.07) is 0.652. The fraction of sp³-hybridized carbons (Fsp3) is 0.962. The number of nitrogens with zero attached hydrogens (tertiary/aromatic N) is 3. The molecule has 2 heterocycles. The first-order valence-corrected chi connectivity index (χ1v) is 26.9. The van der Waals surface area contributed by atoms with Crippen LogP contribution in [0.2, 0.25) is 0 Å². The second-order valence-corrected chi connectivity index (χ2v) is 19.9. The minimum absolute atomic E-state index is 0.209. The topological polar surface area (TPSA) is 92.0 Å². The second kappa shape index (κ2) is 40.3. The summed E-state index contributed by atoms with van der Waals surface area (Å²) in [4.78, 5) is 33.3. The molecule has 0 aromatic rings. The van der Waals surface area contributed by atoms with E-state index >= 15 is 0 Å². The Labute approximate surface area is 379 Å². The van der Waals surface area contributed by atoms with Crippen LogP contribution in [0.1, 0.15) is 219 Å². The summed E-state index contributed by atoms with van der Waals surface area (Å²) < 4.78 is 0. The summed E-state index contributed by atoms with van der Waals surface area (Å²) in [5.41, 5.74) is 0. The molecule has 2 aliphatic rings. The molecule has 9 heteroatoms. The van der Waals surface area contributed by atoms with E-state index in [2.05, 4.69) is 64.0 Å². The Morgan fingerprint density at radius 3 is 1.52 bits per heavy atom. The number of carbonyl (C=O) groups is 2. The van der Waals surface area contributed by atoms with Gasteiger partial charge < -0.3 is 36.0 Å². The van der Waals surface area contributed by atoms with E-state index in [0.717, 1.165) is 90.5 Å². The van der Waals surface area contributed by atoms with Crippen LogP contribution in [-0.2, 0) is 9.59 Å². The summed E-state index contributed by atoms with van der Waals surface area (Å²) in [6.45, 7) is 12.5. The lowest BCUT2D eigenvalue weighted by molar-refractivity contribution is -0.123. The maximum absolute atomic E-state index is 13.4. The molecule has 2 rings (SSSR count). The van der Waals surface area contributed by atoms with Gasteiger partial charge in [-0.15, -0.1) is 0 Å². The predicted octanol–water partition coefficient (Wildman–Crippen LogP) is 10.5. The number of unbranched alkanes of at least 4 members (excludes halogenated alkanes) is 19. The van der Waals surface area contributed by atoms with Crippen molar-refractivity contribution in [3.05, 3.63) is 0 Å². The average Bonchev–Trinajstić information content (AvgIpc) is 3.24. The van der Waals surface area contributed by atoms with Crippen molar-refractivity contribution in [3.8, 4) is 0 Å². The van der Waals surface area contributed by atoms with Crippen molar-refractivity contribution in [1.29, 1.82) is 0 Å². The summed E-state index contributed by atoms with van der Waals surface area (Å²) >= 11 is 0. The number of rotatable bonds is 27. The Balaban J connectivity index is 1.75. The fourth-order valence-electron chi connectivity index (χ4n) is 9.80. The molecule has 0 saturated carbocycles. The van der Waals surface area contributed by atoms with Gasteiger partial charge >= 0.3 is 0 Å². The Kier molecular flexibility index (Phi) is 36.9. The Hall–Kier alpha value is -1.26. The third kappa shape index (κ3) is 33.9. The van der Waals surface area contributed by atoms with Gasteiger partial charge in [0.15, 0.2) is 0 Å². The van der Waals surface area contributed by atoms with E-state index < -0.39 is 0 Å². The third-order valence-corrected chi connectivity index (χ3v) is 13.9. The van der Waals surface area contributed by atoms with Crippen molar-refractivity contribution in [2.45, 2.75) is 231 Å². The van der Waals surface area contributed by atoms with Gasteiger partial charge in [0, 0.05) is 38.0 Å². The molecule has 0 radical (unpaired) electrons. The van der Waals surface area contributed by atoms with Crippen molar-refractivity contribution in [2.75, 3.05) is 86.6 Å². The maximum atomic E-state index is 13.4. The zero-order chi connectivity index (χ0) is 43.9. The minimum Gasteiger partial charge on any atom is -0.356 e. The van der Waals surface area contributed by atoms with Crippen LogP contribution in [0, 0.1) is 5.92 Å². The smallest absolute Gasteiger partial charge is 0.221 e. The summed E-state index contributed by atoms with van der Waals surface area (Å²) in [5.74, 6) is 1.19. The van der Waals surface area contributed by atoms with Gasteiger partial charge in [-0.2, -0.15) is 0 Å². The molecule has 4 N–H and O–H groups in total. The maximum Gasteiger partial charge on any atom is 0.221 e. The molecule has 2 aliphatic heterocycles. The van der Waals surface area contributed by atoms with E-state index in [9.17, 15) is 9.59 Å². The molecule has 3 atom stereocenters. The normalized spacial score (nSPS) is 21.8. The highest BCUT2D eigenvalue weighted by molar-refractivity contribution is 5.76. The van der Waals surface area contributed by atoms with Gasteiger partial charge in [0.1, 0.15) is 0 Å². The molecule has 3 unspecified atom stereocenters. The molecule has 0 aromatic heterocycles. The van der Waals surface area contributed by atoms with Crippen LogP contribution >= 0.6 is 0 Å². The van der Waals surface area contributed by atoms with E-state index in [4.69, 9.17) is 0 Å². The molecule has 61 heavy (non-hydrogen) atoms. The monoisotopic (exact) mass is 860 g/mol. The second-order valence-electron chi connectivity index (χ2n) is 19.9. The van der Waals surface area contributed by atoms with E-state index in [1.807, 2.05) is 0 Å². The molecule has 2 saturated heterocycles. The van der Waals surface area contributed by atoms with E-state index in [1.165, 1.54) is 180 Å². The Bertz CT molecular complexity index is 1000. The van der Waals surface area contributed by atoms with Crippen molar-refractivity contribution in [2.24, 2.45) is 5.92 Å². The van der Waals surface area contributed by atoms with Crippen LogP contribution in [-0.4, -0.2) is 125 Å². The molecule has 2 fully saturated rings. The van der Waals surface area contributed by atoms with Crippen molar-refractivity contribution in [1.82, 2.24) is 36.0 Å². The van der Waals surface area contributed by atoms with Crippen molar-refractivity contribution in [3.63, 3.8) is 0 Å². The van der Waals surface area contributed by atoms with Gasteiger partial charge in [-0.25, -0.2) is 0 Å². The van der Waals surface area contributed by atoms with Crippen LogP contribution in [0.5, 0.6) is 0 Å².